The number of halogens is 1. The van der Waals surface area contributed by atoms with Crippen LogP contribution in [-0.4, -0.2) is 40.2 Å². The van der Waals surface area contributed by atoms with Crippen molar-refractivity contribution in [3.05, 3.63) is 28.5 Å². The monoisotopic (exact) mass is 311 g/mol. The van der Waals surface area contributed by atoms with Crippen molar-refractivity contribution in [2.75, 3.05) is 6.54 Å². The Bertz CT molecular complexity index is 532. The first-order valence-corrected chi connectivity index (χ1v) is 6.05. The van der Waals surface area contributed by atoms with Gasteiger partial charge in [-0.2, -0.15) is 0 Å². The molecule has 1 aromatic heterocycles. The highest BCUT2D eigenvalue weighted by Gasteiger charge is 2.34. The Balaban J connectivity index is 2.27. The van der Waals surface area contributed by atoms with Gasteiger partial charge in [0.2, 0.25) is 11.8 Å². The largest absolute Gasteiger partial charge is 0.316 e. The Kier molecular flexibility index (Phi) is 3.42. The van der Waals surface area contributed by atoms with Crippen LogP contribution in [0.1, 0.15) is 17.4 Å². The number of imide groups is 1. The quantitative estimate of drug-likeness (QED) is 0.599. The van der Waals surface area contributed by atoms with Gasteiger partial charge in [-0.15, -0.1) is 0 Å². The Hall–Kier alpha value is -1.76. The molecule has 1 aromatic rings. The third-order valence-electron chi connectivity index (χ3n) is 2.62. The number of amides is 3. The molecule has 0 saturated carbocycles. The SMILES string of the molecule is CC1C(=O)NC(=O)CN1C(=O)c1cccc(Br)n1. The molecule has 2 rings (SSSR count). The van der Waals surface area contributed by atoms with Crippen LogP contribution in [0.5, 0.6) is 0 Å². The minimum Gasteiger partial charge on any atom is -0.316 e. The summed E-state index contributed by atoms with van der Waals surface area (Å²) in [5.41, 5.74) is 0.193. The van der Waals surface area contributed by atoms with Crippen molar-refractivity contribution in [2.24, 2.45) is 0 Å². The van der Waals surface area contributed by atoms with Crippen LogP contribution < -0.4 is 5.32 Å². The first-order valence-electron chi connectivity index (χ1n) is 5.26. The highest BCUT2D eigenvalue weighted by atomic mass is 79.9. The lowest BCUT2D eigenvalue weighted by Gasteiger charge is -2.31. The number of piperazine rings is 1. The molecular weight excluding hydrogens is 302 g/mol. The summed E-state index contributed by atoms with van der Waals surface area (Å²) in [5.74, 6) is -1.40. The highest BCUT2D eigenvalue weighted by molar-refractivity contribution is 9.10. The van der Waals surface area contributed by atoms with Crippen molar-refractivity contribution < 1.29 is 14.4 Å². The average molecular weight is 312 g/mol. The average Bonchev–Trinajstić information content (AvgIpc) is 2.33. The van der Waals surface area contributed by atoms with Crippen LogP contribution >= 0.6 is 15.9 Å². The summed E-state index contributed by atoms with van der Waals surface area (Å²) in [5, 5.41) is 2.18. The molecule has 0 spiro atoms. The number of rotatable bonds is 1. The van der Waals surface area contributed by atoms with Gasteiger partial charge in [0.1, 0.15) is 22.9 Å². The van der Waals surface area contributed by atoms with E-state index in [1.807, 2.05) is 0 Å². The molecule has 0 bridgehead atoms. The number of carbonyl (C=O) groups is 3. The number of pyridine rings is 1. The van der Waals surface area contributed by atoms with Crippen LogP contribution in [0.2, 0.25) is 0 Å². The maximum Gasteiger partial charge on any atom is 0.273 e. The number of carbonyl (C=O) groups excluding carboxylic acids is 3. The van der Waals surface area contributed by atoms with E-state index in [4.69, 9.17) is 0 Å². The van der Waals surface area contributed by atoms with Gasteiger partial charge in [0.05, 0.1) is 0 Å². The van der Waals surface area contributed by atoms with Crippen molar-refractivity contribution in [3.8, 4) is 0 Å². The van der Waals surface area contributed by atoms with Gasteiger partial charge >= 0.3 is 0 Å². The summed E-state index contributed by atoms with van der Waals surface area (Å²) in [6.45, 7) is 1.43. The van der Waals surface area contributed by atoms with Crippen LogP contribution in [0.25, 0.3) is 0 Å². The van der Waals surface area contributed by atoms with Crippen molar-refractivity contribution >= 4 is 33.7 Å². The first-order chi connectivity index (χ1) is 8.49. The molecule has 0 aromatic carbocycles. The topological polar surface area (TPSA) is 79.4 Å². The highest BCUT2D eigenvalue weighted by Crippen LogP contribution is 2.12. The molecule has 2 heterocycles. The minimum atomic E-state index is -0.684. The van der Waals surface area contributed by atoms with Crippen molar-refractivity contribution in [3.63, 3.8) is 0 Å². The van der Waals surface area contributed by atoms with Gasteiger partial charge in [0, 0.05) is 0 Å². The number of aromatic nitrogens is 1. The third-order valence-corrected chi connectivity index (χ3v) is 3.06. The third kappa shape index (κ3) is 2.40. The molecule has 18 heavy (non-hydrogen) atoms. The molecule has 7 heteroatoms. The molecule has 0 aliphatic carbocycles. The predicted molar refractivity (Wildman–Crippen MR) is 65.6 cm³/mol. The van der Waals surface area contributed by atoms with E-state index in [0.717, 1.165) is 0 Å². The van der Waals surface area contributed by atoms with E-state index < -0.39 is 23.8 Å². The van der Waals surface area contributed by atoms with Crippen LogP contribution in [0.4, 0.5) is 0 Å². The van der Waals surface area contributed by atoms with Gasteiger partial charge in [-0.1, -0.05) is 6.07 Å². The molecule has 1 fully saturated rings. The van der Waals surface area contributed by atoms with Gasteiger partial charge in [0.15, 0.2) is 0 Å². The minimum absolute atomic E-state index is 0.139. The molecule has 1 aliphatic heterocycles. The fourth-order valence-corrected chi connectivity index (χ4v) is 1.98. The number of hydrogen-bond acceptors (Lipinski definition) is 4. The van der Waals surface area contributed by atoms with Crippen LogP contribution in [0.15, 0.2) is 22.8 Å². The molecule has 1 aliphatic rings. The standard InChI is InChI=1S/C11H10BrN3O3/c1-6-10(17)14-9(16)5-15(6)11(18)7-3-2-4-8(12)13-7/h2-4,6H,5H2,1H3,(H,14,16,17). The summed E-state index contributed by atoms with van der Waals surface area (Å²) >= 11 is 3.17. The van der Waals surface area contributed by atoms with E-state index in [0.29, 0.717) is 4.60 Å². The molecule has 6 nitrogen and oxygen atoms in total. The summed E-state index contributed by atoms with van der Waals surface area (Å²) in [7, 11) is 0. The molecule has 1 N–H and O–H groups in total. The molecular formula is C11H10BrN3O3. The van der Waals surface area contributed by atoms with Crippen LogP contribution in [0.3, 0.4) is 0 Å². The molecule has 3 amide bonds. The lowest BCUT2D eigenvalue weighted by molar-refractivity contribution is -0.138. The fraction of sp³-hybridized carbons (Fsp3) is 0.273. The second-order valence-electron chi connectivity index (χ2n) is 3.87. The molecule has 94 valence electrons. The Labute approximate surface area is 111 Å². The van der Waals surface area contributed by atoms with Crippen molar-refractivity contribution in [2.45, 2.75) is 13.0 Å². The Morgan fingerprint density at radius 3 is 2.89 bits per heavy atom. The maximum absolute atomic E-state index is 12.2. The predicted octanol–water partition coefficient (Wildman–Crippen LogP) is 0.331. The Morgan fingerprint density at radius 2 is 2.22 bits per heavy atom. The van der Waals surface area contributed by atoms with Crippen molar-refractivity contribution in [1.29, 1.82) is 0 Å². The smallest absolute Gasteiger partial charge is 0.273 e. The number of nitrogens with one attached hydrogen (secondary N) is 1. The number of hydrogen-bond donors (Lipinski definition) is 1. The zero-order valence-corrected chi connectivity index (χ0v) is 11.1. The summed E-state index contributed by atoms with van der Waals surface area (Å²) in [6.07, 6.45) is 0. The zero-order valence-electron chi connectivity index (χ0n) is 9.51. The van der Waals surface area contributed by atoms with Gasteiger partial charge in [-0.05, 0) is 35.0 Å². The fourth-order valence-electron chi connectivity index (χ4n) is 1.64. The van der Waals surface area contributed by atoms with Crippen molar-refractivity contribution in [1.82, 2.24) is 15.2 Å². The van der Waals surface area contributed by atoms with E-state index in [9.17, 15) is 14.4 Å². The summed E-state index contributed by atoms with van der Waals surface area (Å²) in [4.78, 5) is 40.1. The molecule has 1 saturated heterocycles. The van der Waals surface area contributed by atoms with E-state index in [1.54, 1.807) is 19.1 Å². The Morgan fingerprint density at radius 1 is 1.50 bits per heavy atom. The summed E-state index contributed by atoms with van der Waals surface area (Å²) in [6, 6.07) is 4.21. The lowest BCUT2D eigenvalue weighted by atomic mass is 10.2. The van der Waals surface area contributed by atoms with Gasteiger partial charge in [-0.3, -0.25) is 19.7 Å². The number of nitrogens with zero attached hydrogens (tertiary/aromatic N) is 2. The van der Waals surface area contributed by atoms with E-state index in [2.05, 4.69) is 26.2 Å². The van der Waals surface area contributed by atoms with Gasteiger partial charge in [-0.25, -0.2) is 4.98 Å². The maximum atomic E-state index is 12.2. The van der Waals surface area contributed by atoms with E-state index in [1.165, 1.54) is 11.0 Å². The zero-order chi connectivity index (χ0) is 13.3. The second-order valence-corrected chi connectivity index (χ2v) is 4.68. The summed E-state index contributed by atoms with van der Waals surface area (Å²) < 4.78 is 0.522. The molecule has 0 radical (unpaired) electrons. The molecule has 1 unspecified atom stereocenters. The van der Waals surface area contributed by atoms with Gasteiger partial charge < -0.3 is 4.90 Å². The van der Waals surface area contributed by atoms with Crippen LogP contribution in [-0.2, 0) is 9.59 Å². The molecule has 1 atom stereocenters. The van der Waals surface area contributed by atoms with Crippen LogP contribution in [0, 0.1) is 0 Å². The lowest BCUT2D eigenvalue weighted by Crippen LogP contribution is -2.58. The normalized spacial score (nSPS) is 19.7. The first kappa shape index (κ1) is 12.7. The van der Waals surface area contributed by atoms with E-state index in [-0.39, 0.29) is 12.2 Å². The van der Waals surface area contributed by atoms with E-state index >= 15 is 0 Å². The van der Waals surface area contributed by atoms with Gasteiger partial charge in [0.25, 0.3) is 5.91 Å². The second kappa shape index (κ2) is 4.85.